The Morgan fingerprint density at radius 1 is 1.12 bits per heavy atom. The van der Waals surface area contributed by atoms with Crippen molar-refractivity contribution in [2.24, 2.45) is 0 Å². The minimum absolute atomic E-state index is 0.113. The molecule has 1 heterocycles. The maximum absolute atomic E-state index is 12.1. The molecular weight excluding hydrogens is 340 g/mol. The zero-order valence-electron chi connectivity index (χ0n) is 13.9. The van der Waals surface area contributed by atoms with Gasteiger partial charge in [0.2, 0.25) is 10.0 Å². The summed E-state index contributed by atoms with van der Waals surface area (Å²) in [5.74, 6) is 0.480. The van der Waals surface area contributed by atoms with Crippen LogP contribution in [-0.4, -0.2) is 33.5 Å². The van der Waals surface area contributed by atoms with Crippen LogP contribution in [0.2, 0.25) is 0 Å². The van der Waals surface area contributed by atoms with Crippen LogP contribution in [0.25, 0.3) is 0 Å². The Balaban J connectivity index is 1.46. The highest BCUT2D eigenvalue weighted by atomic mass is 32.2. The van der Waals surface area contributed by atoms with Gasteiger partial charge in [0.15, 0.2) is 6.10 Å². The Labute approximate surface area is 147 Å². The third-order valence-electron chi connectivity index (χ3n) is 3.99. The van der Waals surface area contributed by atoms with E-state index in [1.165, 1.54) is 0 Å². The third-order valence-corrected chi connectivity index (χ3v) is 5.46. The van der Waals surface area contributed by atoms with Crippen molar-refractivity contribution in [1.29, 1.82) is 0 Å². The van der Waals surface area contributed by atoms with Gasteiger partial charge in [-0.25, -0.2) is 13.1 Å². The molecule has 1 aliphatic rings. The Hall–Kier alpha value is -2.38. The molecule has 2 aromatic rings. The number of ether oxygens (including phenoxy) is 1. The van der Waals surface area contributed by atoms with Crippen LogP contribution in [0, 0.1) is 6.92 Å². The molecule has 3 rings (SSSR count). The first-order valence-corrected chi connectivity index (χ1v) is 9.52. The lowest BCUT2D eigenvalue weighted by atomic mass is 10.1. The fourth-order valence-electron chi connectivity index (χ4n) is 2.61. The maximum atomic E-state index is 12.1. The minimum atomic E-state index is -3.57. The van der Waals surface area contributed by atoms with Crippen molar-refractivity contribution >= 4 is 15.9 Å². The van der Waals surface area contributed by atoms with Crippen LogP contribution in [0.1, 0.15) is 11.1 Å². The molecule has 0 fully saturated rings. The van der Waals surface area contributed by atoms with Crippen molar-refractivity contribution in [1.82, 2.24) is 10.0 Å². The summed E-state index contributed by atoms with van der Waals surface area (Å²) in [6, 6.07) is 14.1. The fourth-order valence-corrected chi connectivity index (χ4v) is 3.65. The smallest absolute Gasteiger partial charge is 0.261 e. The van der Waals surface area contributed by atoms with Crippen LogP contribution in [0.15, 0.2) is 53.4 Å². The summed E-state index contributed by atoms with van der Waals surface area (Å²) in [6.07, 6.45) is -0.0389. The van der Waals surface area contributed by atoms with E-state index >= 15 is 0 Å². The standard InChI is InChI=1S/C18H20N2O4S/c1-13-6-8-15(9-7-13)25(22,23)20-11-10-19-18(21)17-12-14-4-2-3-5-16(14)24-17/h2-9,17,20H,10-12H2,1H3,(H,19,21). The van der Waals surface area contributed by atoms with Crippen molar-refractivity contribution in [2.45, 2.75) is 24.3 Å². The minimum Gasteiger partial charge on any atom is -0.480 e. The van der Waals surface area contributed by atoms with E-state index in [9.17, 15) is 13.2 Å². The van der Waals surface area contributed by atoms with Crippen molar-refractivity contribution in [3.05, 3.63) is 59.7 Å². The monoisotopic (exact) mass is 360 g/mol. The lowest BCUT2D eigenvalue weighted by Gasteiger charge is -2.12. The molecule has 1 unspecified atom stereocenters. The topological polar surface area (TPSA) is 84.5 Å². The van der Waals surface area contributed by atoms with Gasteiger partial charge < -0.3 is 10.1 Å². The van der Waals surface area contributed by atoms with Crippen LogP contribution >= 0.6 is 0 Å². The zero-order valence-corrected chi connectivity index (χ0v) is 14.7. The summed E-state index contributed by atoms with van der Waals surface area (Å²) in [4.78, 5) is 12.3. The highest BCUT2D eigenvalue weighted by Crippen LogP contribution is 2.27. The molecule has 0 saturated carbocycles. The summed E-state index contributed by atoms with van der Waals surface area (Å²) >= 11 is 0. The normalized spacial score (nSPS) is 16.1. The third kappa shape index (κ3) is 4.18. The molecule has 7 heteroatoms. The number of fused-ring (bicyclic) bond motifs is 1. The van der Waals surface area contributed by atoms with Crippen LogP contribution in [0.4, 0.5) is 0 Å². The number of hydrogen-bond donors (Lipinski definition) is 2. The average Bonchev–Trinajstić information content (AvgIpc) is 3.03. The van der Waals surface area contributed by atoms with Gasteiger partial charge in [0.05, 0.1) is 4.90 Å². The molecule has 2 aromatic carbocycles. The fraction of sp³-hybridized carbons (Fsp3) is 0.278. The molecule has 0 radical (unpaired) electrons. The Bertz CT molecular complexity index is 838. The average molecular weight is 360 g/mol. The van der Waals surface area contributed by atoms with E-state index in [1.807, 2.05) is 31.2 Å². The molecule has 25 heavy (non-hydrogen) atoms. The van der Waals surface area contributed by atoms with Gasteiger partial charge >= 0.3 is 0 Å². The molecule has 0 spiro atoms. The number of rotatable bonds is 6. The first-order chi connectivity index (χ1) is 12.0. The van der Waals surface area contributed by atoms with Crippen LogP contribution < -0.4 is 14.8 Å². The highest BCUT2D eigenvalue weighted by Gasteiger charge is 2.28. The molecule has 132 valence electrons. The van der Waals surface area contributed by atoms with Crippen molar-refractivity contribution in [3.63, 3.8) is 0 Å². The van der Waals surface area contributed by atoms with E-state index in [2.05, 4.69) is 10.0 Å². The molecular formula is C18H20N2O4S. The van der Waals surface area contributed by atoms with Gasteiger partial charge in [-0.05, 0) is 30.7 Å². The summed E-state index contributed by atoms with van der Waals surface area (Å²) in [5, 5.41) is 2.70. The van der Waals surface area contributed by atoms with Crippen molar-refractivity contribution < 1.29 is 17.9 Å². The molecule has 1 atom stereocenters. The Morgan fingerprint density at radius 2 is 1.84 bits per heavy atom. The zero-order chi connectivity index (χ0) is 17.9. The molecule has 2 N–H and O–H groups in total. The van der Waals surface area contributed by atoms with E-state index in [0.717, 1.165) is 16.9 Å². The molecule has 1 aliphatic heterocycles. The molecule has 0 bridgehead atoms. The maximum Gasteiger partial charge on any atom is 0.261 e. The Kier molecular flexibility index (Phi) is 5.06. The van der Waals surface area contributed by atoms with E-state index in [-0.39, 0.29) is 23.9 Å². The predicted octanol–water partition coefficient (Wildman–Crippen LogP) is 1.39. The number of benzene rings is 2. The lowest BCUT2D eigenvalue weighted by Crippen LogP contribution is -2.41. The number of aryl methyl sites for hydroxylation is 1. The summed E-state index contributed by atoms with van der Waals surface area (Å²) < 4.78 is 32.4. The van der Waals surface area contributed by atoms with Gasteiger partial charge in [-0.2, -0.15) is 0 Å². The van der Waals surface area contributed by atoms with Crippen LogP contribution in [0.5, 0.6) is 5.75 Å². The van der Waals surface area contributed by atoms with Gasteiger partial charge in [-0.1, -0.05) is 35.9 Å². The van der Waals surface area contributed by atoms with Gasteiger partial charge in [-0.15, -0.1) is 0 Å². The number of para-hydroxylation sites is 1. The molecule has 0 saturated heterocycles. The second-order valence-electron chi connectivity index (χ2n) is 5.92. The van der Waals surface area contributed by atoms with Crippen LogP contribution in [0.3, 0.4) is 0 Å². The highest BCUT2D eigenvalue weighted by molar-refractivity contribution is 7.89. The van der Waals surface area contributed by atoms with Gasteiger partial charge in [-0.3, -0.25) is 4.79 Å². The summed E-state index contributed by atoms with van der Waals surface area (Å²) in [7, 11) is -3.57. The second-order valence-corrected chi connectivity index (χ2v) is 7.69. The first-order valence-electron chi connectivity index (χ1n) is 8.04. The first kappa shape index (κ1) is 17.4. The number of nitrogens with one attached hydrogen (secondary N) is 2. The van der Waals surface area contributed by atoms with E-state index in [4.69, 9.17) is 4.74 Å². The lowest BCUT2D eigenvalue weighted by molar-refractivity contribution is -0.127. The van der Waals surface area contributed by atoms with Crippen LogP contribution in [-0.2, 0) is 21.2 Å². The number of amides is 1. The SMILES string of the molecule is Cc1ccc(S(=O)(=O)NCCNC(=O)C2Cc3ccccc3O2)cc1. The Morgan fingerprint density at radius 3 is 2.56 bits per heavy atom. The van der Waals surface area contributed by atoms with E-state index < -0.39 is 16.1 Å². The van der Waals surface area contributed by atoms with E-state index in [0.29, 0.717) is 6.42 Å². The number of hydrogen-bond acceptors (Lipinski definition) is 4. The second kappa shape index (κ2) is 7.25. The largest absolute Gasteiger partial charge is 0.480 e. The van der Waals surface area contributed by atoms with Gasteiger partial charge in [0.25, 0.3) is 5.91 Å². The van der Waals surface area contributed by atoms with E-state index in [1.54, 1.807) is 24.3 Å². The number of carbonyl (C=O) groups is 1. The quantitative estimate of drug-likeness (QED) is 0.763. The summed E-state index contributed by atoms with van der Waals surface area (Å²) in [5.41, 5.74) is 1.99. The number of sulfonamides is 1. The van der Waals surface area contributed by atoms with Crippen molar-refractivity contribution in [3.8, 4) is 5.75 Å². The van der Waals surface area contributed by atoms with Gasteiger partial charge in [0, 0.05) is 19.5 Å². The van der Waals surface area contributed by atoms with Gasteiger partial charge in [0.1, 0.15) is 5.75 Å². The number of carbonyl (C=O) groups excluding carboxylic acids is 1. The molecule has 0 aromatic heterocycles. The predicted molar refractivity (Wildman–Crippen MR) is 93.9 cm³/mol. The molecule has 6 nitrogen and oxygen atoms in total. The molecule has 0 aliphatic carbocycles. The van der Waals surface area contributed by atoms with Crippen molar-refractivity contribution in [2.75, 3.05) is 13.1 Å². The summed E-state index contributed by atoms with van der Waals surface area (Å²) in [6.45, 7) is 2.20. The molecule has 1 amide bonds.